The van der Waals surface area contributed by atoms with E-state index in [0.29, 0.717) is 11.8 Å². The summed E-state index contributed by atoms with van der Waals surface area (Å²) in [4.78, 5) is 0. The van der Waals surface area contributed by atoms with Crippen molar-refractivity contribution in [1.29, 1.82) is 0 Å². The third kappa shape index (κ3) is 9.81. The number of allylic oxidation sites excluding steroid dienone is 2. The van der Waals surface area contributed by atoms with Crippen LogP contribution in [0.1, 0.15) is 80.5 Å². The average Bonchev–Trinajstić information content (AvgIpc) is 3.43. The molecule has 0 amide bonds. The van der Waals surface area contributed by atoms with Crippen molar-refractivity contribution in [3.63, 3.8) is 0 Å². The molecule has 2 aliphatic rings. The van der Waals surface area contributed by atoms with E-state index >= 15 is 0 Å². The van der Waals surface area contributed by atoms with Gasteiger partial charge in [-0.05, 0) is 22.3 Å². The van der Waals surface area contributed by atoms with Crippen LogP contribution in [0.4, 0.5) is 0 Å². The van der Waals surface area contributed by atoms with E-state index < -0.39 is 20.8 Å². The Balaban J connectivity index is 0.000000258. The zero-order valence-corrected chi connectivity index (χ0v) is 23.0. The Morgan fingerprint density at radius 3 is 1.45 bits per heavy atom. The Hall–Kier alpha value is -0.617. The van der Waals surface area contributed by atoms with E-state index in [4.69, 9.17) is 17.0 Å². The average molecular weight is 534 g/mol. The summed E-state index contributed by atoms with van der Waals surface area (Å²) in [6, 6.07) is 17.4. The van der Waals surface area contributed by atoms with Crippen molar-refractivity contribution in [2.24, 2.45) is 0 Å². The first-order chi connectivity index (χ1) is 15.2. The van der Waals surface area contributed by atoms with Gasteiger partial charge in [0, 0.05) is 11.8 Å². The maximum atomic E-state index is 4.93. The third-order valence-electron chi connectivity index (χ3n) is 5.34. The molecule has 0 radical (unpaired) electrons. The molecule has 0 saturated heterocycles. The quantitative estimate of drug-likeness (QED) is 0.324. The molecular weight excluding hydrogens is 498 g/mol. The Bertz CT molecular complexity index is 717. The number of benzene rings is 2. The van der Waals surface area contributed by atoms with Gasteiger partial charge < -0.3 is 19.8 Å². The molecule has 0 nitrogen and oxygen atoms in total. The summed E-state index contributed by atoms with van der Waals surface area (Å²) in [7, 11) is 9.87. The normalized spacial score (nSPS) is 16.6. The van der Waals surface area contributed by atoms with Crippen LogP contribution in [0.5, 0.6) is 0 Å². The van der Waals surface area contributed by atoms with Gasteiger partial charge in [0.05, 0.1) is 0 Å². The first-order valence-electron chi connectivity index (χ1n) is 11.0. The maximum absolute atomic E-state index is 4.93. The minimum absolute atomic E-state index is 0.660. The second kappa shape index (κ2) is 17.9. The van der Waals surface area contributed by atoms with E-state index in [9.17, 15) is 0 Å². The van der Waals surface area contributed by atoms with E-state index in [1.807, 2.05) is 0 Å². The van der Waals surface area contributed by atoms with Gasteiger partial charge in [-0.15, -0.1) is 0 Å². The van der Waals surface area contributed by atoms with Crippen molar-refractivity contribution in [2.45, 2.75) is 58.3 Å². The number of rotatable bonds is 6. The standard InChI is InChI=1S/2C13H15.C2H5.2ClH.Zr/c2*1-2-3-6-11-9-10-12-7-4-5-8-13(11)12;1-2;;;/h2*2,4-5,7-11H,3,6H2,1H3;1H2,2H3;2*1H;/q3*-1;;;+2/p-2. The second-order valence-electron chi connectivity index (χ2n) is 7.23. The van der Waals surface area contributed by atoms with Gasteiger partial charge in [0.15, 0.2) is 0 Å². The molecule has 0 bridgehead atoms. The fraction of sp³-hybridized carbons (Fsp3) is 0.321. The molecule has 2 aliphatic carbocycles. The summed E-state index contributed by atoms with van der Waals surface area (Å²) in [6.45, 7) is 9.26. The molecule has 2 aromatic rings. The van der Waals surface area contributed by atoms with Crippen LogP contribution in [0.2, 0.25) is 0 Å². The molecule has 4 rings (SSSR count). The Labute approximate surface area is 209 Å². The van der Waals surface area contributed by atoms with E-state index in [1.54, 1.807) is 6.92 Å². The molecule has 2 unspecified atom stereocenters. The van der Waals surface area contributed by atoms with Gasteiger partial charge in [-0.2, -0.15) is 33.6 Å². The summed E-state index contributed by atoms with van der Waals surface area (Å²) >= 11 is -0.826. The van der Waals surface area contributed by atoms with Gasteiger partial charge in [-0.25, -0.2) is 0 Å². The van der Waals surface area contributed by atoms with Gasteiger partial charge in [-0.3, -0.25) is 0 Å². The fourth-order valence-corrected chi connectivity index (χ4v) is 3.84. The van der Waals surface area contributed by atoms with Crippen molar-refractivity contribution in [3.8, 4) is 0 Å². The molecule has 0 fully saturated rings. The molecular formula is C28H35Cl2Zr-3. The van der Waals surface area contributed by atoms with Crippen LogP contribution < -0.4 is 0 Å². The molecule has 0 aliphatic heterocycles. The fourth-order valence-electron chi connectivity index (χ4n) is 3.84. The van der Waals surface area contributed by atoms with Crippen LogP contribution in [0.3, 0.4) is 0 Å². The Morgan fingerprint density at radius 1 is 0.742 bits per heavy atom. The molecule has 3 heteroatoms. The molecule has 31 heavy (non-hydrogen) atoms. The minimum atomic E-state index is -0.826. The molecule has 0 heterocycles. The molecule has 0 saturated carbocycles. The number of hydrogen-bond donors (Lipinski definition) is 0. The van der Waals surface area contributed by atoms with Crippen molar-refractivity contribution >= 4 is 29.2 Å². The summed E-state index contributed by atoms with van der Waals surface area (Å²) in [5.41, 5.74) is 5.82. The third-order valence-corrected chi connectivity index (χ3v) is 5.34. The van der Waals surface area contributed by atoms with Crippen LogP contribution in [0.15, 0.2) is 60.7 Å². The SMILES string of the molecule is C[CH-]CCC1C=Cc2ccccc21.C[CH-]CCC1C=Cc2ccccc21.[CH2-]C.[Cl][Zr][Cl]. The van der Waals surface area contributed by atoms with Gasteiger partial charge in [-0.1, -0.05) is 85.7 Å². The monoisotopic (exact) mass is 531 g/mol. The number of unbranched alkanes of at least 4 members (excludes halogenated alkanes) is 2. The van der Waals surface area contributed by atoms with Gasteiger partial charge in [0.25, 0.3) is 0 Å². The van der Waals surface area contributed by atoms with Crippen molar-refractivity contribution in [2.75, 3.05) is 0 Å². The predicted molar refractivity (Wildman–Crippen MR) is 138 cm³/mol. The predicted octanol–water partition coefficient (Wildman–Crippen LogP) is 9.82. The summed E-state index contributed by atoms with van der Waals surface area (Å²) in [6.07, 6.45) is 18.6. The summed E-state index contributed by atoms with van der Waals surface area (Å²) in [5, 5.41) is 0. The van der Waals surface area contributed by atoms with E-state index in [0.717, 1.165) is 0 Å². The van der Waals surface area contributed by atoms with Crippen molar-refractivity contribution < 1.29 is 20.8 Å². The first-order valence-corrected chi connectivity index (χ1v) is 17.3. The Morgan fingerprint density at radius 2 is 1.10 bits per heavy atom. The number of halogens is 2. The summed E-state index contributed by atoms with van der Waals surface area (Å²) in [5.74, 6) is 1.32. The van der Waals surface area contributed by atoms with Crippen molar-refractivity contribution in [1.82, 2.24) is 0 Å². The molecule has 2 aromatic carbocycles. The topological polar surface area (TPSA) is 0 Å². The first kappa shape index (κ1) is 28.4. The van der Waals surface area contributed by atoms with Crippen LogP contribution in [-0.2, 0) is 20.8 Å². The van der Waals surface area contributed by atoms with Crippen molar-refractivity contribution in [3.05, 3.63) is 103 Å². The molecule has 2 atom stereocenters. The number of hydrogen-bond acceptors (Lipinski definition) is 0. The van der Waals surface area contributed by atoms with Gasteiger partial charge >= 0.3 is 37.9 Å². The zero-order valence-electron chi connectivity index (χ0n) is 19.0. The summed E-state index contributed by atoms with van der Waals surface area (Å²) < 4.78 is 0. The van der Waals surface area contributed by atoms with E-state index in [2.05, 4.69) is 106 Å². The van der Waals surface area contributed by atoms with Gasteiger partial charge in [0.1, 0.15) is 0 Å². The van der Waals surface area contributed by atoms with Crippen LogP contribution in [-0.4, -0.2) is 0 Å². The Kier molecular flexibility index (Phi) is 16.4. The van der Waals surface area contributed by atoms with Crippen LogP contribution in [0.25, 0.3) is 12.2 Å². The van der Waals surface area contributed by atoms with Crippen LogP contribution in [0, 0.1) is 19.8 Å². The molecule has 0 N–H and O–H groups in total. The molecule has 0 spiro atoms. The van der Waals surface area contributed by atoms with E-state index in [-0.39, 0.29) is 0 Å². The number of fused-ring (bicyclic) bond motifs is 2. The molecule has 168 valence electrons. The van der Waals surface area contributed by atoms with E-state index in [1.165, 1.54) is 47.9 Å². The molecule has 0 aromatic heterocycles. The second-order valence-corrected chi connectivity index (χ2v) is 11.0. The van der Waals surface area contributed by atoms with Gasteiger partial charge in [0.2, 0.25) is 0 Å². The van der Waals surface area contributed by atoms with Crippen LogP contribution >= 0.6 is 17.0 Å². The zero-order chi connectivity index (χ0) is 22.9.